The maximum absolute atomic E-state index is 12.8. The highest BCUT2D eigenvalue weighted by atomic mass is 16.2. The summed E-state index contributed by atoms with van der Waals surface area (Å²) in [7, 11) is 4.14. The van der Waals surface area contributed by atoms with E-state index in [4.69, 9.17) is 0 Å². The lowest BCUT2D eigenvalue weighted by Gasteiger charge is -2.33. The second-order valence-corrected chi connectivity index (χ2v) is 7.49. The molecule has 1 amide bonds. The first kappa shape index (κ1) is 17.2. The molecule has 3 atom stereocenters. The van der Waals surface area contributed by atoms with Crippen molar-refractivity contribution in [2.75, 3.05) is 39.0 Å². The fourth-order valence-corrected chi connectivity index (χ4v) is 3.92. The van der Waals surface area contributed by atoms with Crippen LogP contribution in [0.1, 0.15) is 24.0 Å². The van der Waals surface area contributed by atoms with Crippen LogP contribution in [0.25, 0.3) is 0 Å². The number of aryl methyl sites for hydroxylation is 1. The third-order valence-electron chi connectivity index (χ3n) is 5.21. The number of nitrogens with zero attached hydrogens (tertiary/aromatic N) is 1. The van der Waals surface area contributed by atoms with Crippen LogP contribution in [0.5, 0.6) is 0 Å². The molecule has 0 radical (unpaired) electrons. The Balaban J connectivity index is 1.64. The normalized spacial score (nSPS) is 24.3. The number of carbonyl (C=O) groups excluding carboxylic acids is 1. The van der Waals surface area contributed by atoms with Crippen molar-refractivity contribution in [1.29, 1.82) is 0 Å². The minimum atomic E-state index is -0.151. The van der Waals surface area contributed by atoms with Crippen molar-refractivity contribution in [3.05, 3.63) is 29.3 Å². The van der Waals surface area contributed by atoms with Crippen LogP contribution in [0.3, 0.4) is 0 Å². The molecule has 0 aromatic heterocycles. The zero-order valence-corrected chi connectivity index (χ0v) is 15.1. The van der Waals surface area contributed by atoms with Crippen molar-refractivity contribution in [2.45, 2.75) is 38.3 Å². The molecule has 0 bridgehead atoms. The van der Waals surface area contributed by atoms with E-state index in [0.29, 0.717) is 5.92 Å². The van der Waals surface area contributed by atoms with E-state index in [-0.39, 0.29) is 18.0 Å². The van der Waals surface area contributed by atoms with Crippen LogP contribution in [0.4, 0.5) is 5.69 Å². The van der Waals surface area contributed by atoms with Gasteiger partial charge in [0.05, 0.1) is 0 Å². The van der Waals surface area contributed by atoms with Gasteiger partial charge >= 0.3 is 0 Å². The molecule has 3 rings (SSSR count). The number of para-hydroxylation sites is 1. The van der Waals surface area contributed by atoms with Gasteiger partial charge in [-0.1, -0.05) is 18.2 Å². The highest BCUT2D eigenvalue weighted by molar-refractivity contribution is 5.88. The minimum absolute atomic E-state index is 0.128. The van der Waals surface area contributed by atoms with Crippen molar-refractivity contribution < 1.29 is 4.79 Å². The van der Waals surface area contributed by atoms with Crippen LogP contribution >= 0.6 is 0 Å². The molecule has 5 heteroatoms. The van der Waals surface area contributed by atoms with Crippen LogP contribution < -0.4 is 16.0 Å². The van der Waals surface area contributed by atoms with Crippen LogP contribution in [0.15, 0.2) is 18.2 Å². The Morgan fingerprint density at radius 2 is 2.25 bits per heavy atom. The highest BCUT2D eigenvalue weighted by Crippen LogP contribution is 2.29. The second kappa shape index (κ2) is 7.53. The van der Waals surface area contributed by atoms with Gasteiger partial charge in [0.2, 0.25) is 5.91 Å². The van der Waals surface area contributed by atoms with Gasteiger partial charge in [-0.2, -0.15) is 0 Å². The number of benzene rings is 1. The van der Waals surface area contributed by atoms with Gasteiger partial charge in [-0.05, 0) is 64.0 Å². The number of likely N-dealkylation sites (N-methyl/N-ethyl adjacent to an activating group) is 1. The molecular formula is C19H30N4O. The molecular weight excluding hydrogens is 300 g/mol. The summed E-state index contributed by atoms with van der Waals surface area (Å²) in [6.45, 7) is 5.07. The number of hydrogen-bond donors (Lipinski definition) is 3. The van der Waals surface area contributed by atoms with Gasteiger partial charge in [0.15, 0.2) is 0 Å². The van der Waals surface area contributed by atoms with Crippen molar-refractivity contribution in [3.8, 4) is 0 Å². The van der Waals surface area contributed by atoms with Crippen molar-refractivity contribution in [1.82, 2.24) is 15.5 Å². The first-order valence-corrected chi connectivity index (χ1v) is 9.05. The van der Waals surface area contributed by atoms with E-state index < -0.39 is 0 Å². The Kier molecular flexibility index (Phi) is 5.41. The molecule has 3 unspecified atom stereocenters. The molecule has 1 aromatic carbocycles. The largest absolute Gasteiger partial charge is 0.373 e. The third-order valence-corrected chi connectivity index (χ3v) is 5.21. The summed E-state index contributed by atoms with van der Waals surface area (Å²) in [5.74, 6) is 0.638. The van der Waals surface area contributed by atoms with Crippen molar-refractivity contribution in [2.24, 2.45) is 5.92 Å². The summed E-state index contributed by atoms with van der Waals surface area (Å²) in [5.41, 5.74) is 3.60. The number of nitrogens with one attached hydrogen (secondary N) is 3. The zero-order valence-electron chi connectivity index (χ0n) is 15.1. The van der Waals surface area contributed by atoms with Gasteiger partial charge in [0.25, 0.3) is 0 Å². The topological polar surface area (TPSA) is 56.4 Å². The molecule has 1 fully saturated rings. The van der Waals surface area contributed by atoms with E-state index >= 15 is 0 Å². The predicted molar refractivity (Wildman–Crippen MR) is 98.4 cm³/mol. The number of hydrogen-bond acceptors (Lipinski definition) is 4. The molecule has 2 heterocycles. The second-order valence-electron chi connectivity index (χ2n) is 7.49. The molecule has 0 spiro atoms. The quantitative estimate of drug-likeness (QED) is 0.763. The van der Waals surface area contributed by atoms with Crippen molar-refractivity contribution in [3.63, 3.8) is 0 Å². The molecule has 2 aliphatic heterocycles. The average Bonchev–Trinajstić information content (AvgIpc) is 3.00. The highest BCUT2D eigenvalue weighted by Gasteiger charge is 2.31. The summed E-state index contributed by atoms with van der Waals surface area (Å²) in [5, 5.41) is 10.2. The lowest BCUT2D eigenvalue weighted by molar-refractivity contribution is -0.123. The van der Waals surface area contributed by atoms with E-state index in [0.717, 1.165) is 31.7 Å². The van der Waals surface area contributed by atoms with Gasteiger partial charge in [0.1, 0.15) is 6.04 Å². The predicted octanol–water partition coefficient (Wildman–Crippen LogP) is 1.38. The van der Waals surface area contributed by atoms with E-state index in [1.807, 2.05) is 0 Å². The van der Waals surface area contributed by atoms with Crippen LogP contribution in [-0.2, 0) is 11.2 Å². The van der Waals surface area contributed by atoms with E-state index in [9.17, 15) is 4.79 Å². The number of piperidine rings is 1. The Labute approximate surface area is 145 Å². The standard InChI is InChI=1S/C19H30N4O/c1-13-6-4-7-14-10-16(21-18(13)14)19(24)22-17(12-23(2)3)15-8-5-9-20-11-15/h4,6-7,15-17,20-21H,5,8-12H2,1-3H3,(H,22,24). The summed E-state index contributed by atoms with van der Waals surface area (Å²) in [4.78, 5) is 15.0. The molecule has 0 aliphatic carbocycles. The number of carbonyl (C=O) groups is 1. The maximum Gasteiger partial charge on any atom is 0.243 e. The lowest BCUT2D eigenvalue weighted by Crippen LogP contribution is -2.53. The summed E-state index contributed by atoms with van der Waals surface area (Å²) in [6, 6.07) is 6.33. The fourth-order valence-electron chi connectivity index (χ4n) is 3.92. The molecule has 1 aromatic rings. The van der Waals surface area contributed by atoms with E-state index in [1.165, 1.54) is 24.0 Å². The molecule has 0 saturated carbocycles. The van der Waals surface area contributed by atoms with Gasteiger partial charge in [-0.15, -0.1) is 0 Å². The summed E-state index contributed by atoms with van der Waals surface area (Å²) < 4.78 is 0. The number of rotatable bonds is 5. The molecule has 5 nitrogen and oxygen atoms in total. The number of fused-ring (bicyclic) bond motifs is 1. The van der Waals surface area contributed by atoms with Crippen molar-refractivity contribution >= 4 is 11.6 Å². The monoisotopic (exact) mass is 330 g/mol. The first-order valence-electron chi connectivity index (χ1n) is 9.05. The maximum atomic E-state index is 12.8. The first-order chi connectivity index (χ1) is 11.5. The average molecular weight is 330 g/mol. The molecule has 1 saturated heterocycles. The van der Waals surface area contributed by atoms with Crippen LogP contribution in [-0.4, -0.2) is 56.6 Å². The third kappa shape index (κ3) is 3.90. The Morgan fingerprint density at radius 1 is 1.42 bits per heavy atom. The van der Waals surface area contributed by atoms with Gasteiger partial charge in [-0.3, -0.25) is 4.79 Å². The molecule has 3 N–H and O–H groups in total. The van der Waals surface area contributed by atoms with E-state index in [2.05, 4.69) is 60.1 Å². The van der Waals surface area contributed by atoms with Crippen LogP contribution in [0.2, 0.25) is 0 Å². The SMILES string of the molecule is Cc1cccc2c1NC(C(=O)NC(CN(C)C)C1CCCNC1)C2. The van der Waals surface area contributed by atoms with Gasteiger partial charge in [0, 0.05) is 24.7 Å². The molecule has 2 aliphatic rings. The Morgan fingerprint density at radius 3 is 2.92 bits per heavy atom. The molecule has 132 valence electrons. The Hall–Kier alpha value is -1.59. The van der Waals surface area contributed by atoms with E-state index in [1.54, 1.807) is 0 Å². The van der Waals surface area contributed by atoms with Gasteiger partial charge < -0.3 is 20.9 Å². The minimum Gasteiger partial charge on any atom is -0.373 e. The van der Waals surface area contributed by atoms with Crippen LogP contribution in [0, 0.1) is 12.8 Å². The summed E-state index contributed by atoms with van der Waals surface area (Å²) >= 11 is 0. The smallest absolute Gasteiger partial charge is 0.243 e. The van der Waals surface area contributed by atoms with Gasteiger partial charge in [-0.25, -0.2) is 0 Å². The molecule has 24 heavy (non-hydrogen) atoms. The fraction of sp³-hybridized carbons (Fsp3) is 0.632. The number of anilines is 1. The number of amides is 1. The lowest BCUT2D eigenvalue weighted by atomic mass is 9.91. The zero-order chi connectivity index (χ0) is 17.1. The Bertz CT molecular complexity index is 581. The summed E-state index contributed by atoms with van der Waals surface area (Å²) in [6.07, 6.45) is 3.15.